The molecule has 0 saturated carbocycles. The van der Waals surface area contributed by atoms with Crippen molar-refractivity contribution < 1.29 is 4.79 Å². The van der Waals surface area contributed by atoms with Crippen LogP contribution in [0.4, 0.5) is 0 Å². The smallest absolute Gasteiger partial charge is 0.170 e. The summed E-state index contributed by atoms with van der Waals surface area (Å²) in [6.45, 7) is 3.77. The van der Waals surface area contributed by atoms with Crippen molar-refractivity contribution in [1.29, 1.82) is 0 Å². The van der Waals surface area contributed by atoms with Gasteiger partial charge in [0.25, 0.3) is 0 Å². The minimum atomic E-state index is 0.0672. The third kappa shape index (κ3) is 1.72. The minimum absolute atomic E-state index is 0.0672. The number of benzene rings is 1. The van der Waals surface area contributed by atoms with Gasteiger partial charge in [-0.25, -0.2) is 4.98 Å². The Morgan fingerprint density at radius 3 is 3.04 bits per heavy atom. The molecule has 3 aromatic rings. The van der Waals surface area contributed by atoms with E-state index in [1.165, 1.54) is 22.2 Å². The fourth-order valence-corrected chi connectivity index (χ4v) is 4.41. The van der Waals surface area contributed by atoms with Crippen molar-refractivity contribution in [1.82, 2.24) is 14.1 Å². The Morgan fingerprint density at radius 2 is 2.22 bits per heavy atom. The highest BCUT2D eigenvalue weighted by Crippen LogP contribution is 2.39. The zero-order valence-electron chi connectivity index (χ0n) is 13.2. The van der Waals surface area contributed by atoms with Gasteiger partial charge < -0.3 is 9.13 Å². The third-order valence-electron chi connectivity index (χ3n) is 5.57. The van der Waals surface area contributed by atoms with Crippen molar-refractivity contribution in [2.45, 2.75) is 39.3 Å². The lowest BCUT2D eigenvalue weighted by molar-refractivity contribution is 0.0887. The number of para-hydroxylation sites is 1. The Kier molecular flexibility index (Phi) is 2.61. The number of carbonyl (C=O) groups is 1. The molecule has 0 amide bonds. The van der Waals surface area contributed by atoms with E-state index in [9.17, 15) is 4.79 Å². The molecular weight excluding hydrogens is 286 g/mol. The lowest BCUT2D eigenvalue weighted by Crippen LogP contribution is -2.27. The number of imidazole rings is 1. The van der Waals surface area contributed by atoms with Crippen LogP contribution < -0.4 is 0 Å². The van der Waals surface area contributed by atoms with E-state index in [2.05, 4.69) is 32.3 Å². The fraction of sp³-hybridized carbons (Fsp3) is 0.368. The molecule has 1 aromatic carbocycles. The van der Waals surface area contributed by atoms with Gasteiger partial charge in [0.15, 0.2) is 5.78 Å². The first-order valence-corrected chi connectivity index (χ1v) is 8.39. The van der Waals surface area contributed by atoms with E-state index in [-0.39, 0.29) is 5.92 Å². The fourth-order valence-electron chi connectivity index (χ4n) is 4.41. The average molecular weight is 305 g/mol. The largest absolute Gasteiger partial charge is 0.343 e. The van der Waals surface area contributed by atoms with Crippen LogP contribution in [-0.2, 0) is 25.9 Å². The Morgan fingerprint density at radius 1 is 1.30 bits per heavy atom. The van der Waals surface area contributed by atoms with E-state index in [0.717, 1.165) is 43.7 Å². The summed E-state index contributed by atoms with van der Waals surface area (Å²) in [4.78, 5) is 17.4. The first-order valence-electron chi connectivity index (χ1n) is 8.39. The van der Waals surface area contributed by atoms with Crippen molar-refractivity contribution >= 4 is 16.7 Å². The Labute approximate surface area is 134 Å². The van der Waals surface area contributed by atoms with Gasteiger partial charge in [-0.15, -0.1) is 0 Å². The monoisotopic (exact) mass is 305 g/mol. The van der Waals surface area contributed by atoms with Gasteiger partial charge in [0.2, 0.25) is 0 Å². The second kappa shape index (κ2) is 4.57. The van der Waals surface area contributed by atoms with Crippen molar-refractivity contribution in [3.63, 3.8) is 0 Å². The van der Waals surface area contributed by atoms with Gasteiger partial charge >= 0.3 is 0 Å². The SMILES string of the molecule is Cc1nccn1C[C@@H]1CCc2c(c3cccc4c3n2CC4)C1=O. The predicted molar refractivity (Wildman–Crippen MR) is 88.7 cm³/mol. The number of ketones is 1. The lowest BCUT2D eigenvalue weighted by atomic mass is 9.84. The number of aromatic nitrogens is 3. The second-order valence-electron chi connectivity index (χ2n) is 6.76. The van der Waals surface area contributed by atoms with Crippen LogP contribution in [0.5, 0.6) is 0 Å². The van der Waals surface area contributed by atoms with Crippen molar-refractivity contribution in [2.75, 3.05) is 0 Å². The highest BCUT2D eigenvalue weighted by molar-refractivity contribution is 6.12. The summed E-state index contributed by atoms with van der Waals surface area (Å²) in [5.41, 5.74) is 4.97. The van der Waals surface area contributed by atoms with Crippen LogP contribution in [0.2, 0.25) is 0 Å². The summed E-state index contributed by atoms with van der Waals surface area (Å²) in [5, 5.41) is 1.17. The molecular formula is C19H19N3O. The molecule has 5 rings (SSSR count). The van der Waals surface area contributed by atoms with E-state index in [1.807, 2.05) is 19.3 Å². The molecule has 0 saturated heterocycles. The first kappa shape index (κ1) is 13.1. The average Bonchev–Trinajstić information content (AvgIpc) is 3.23. The van der Waals surface area contributed by atoms with Crippen LogP contribution in [0.1, 0.15) is 33.9 Å². The molecule has 4 nitrogen and oxygen atoms in total. The van der Waals surface area contributed by atoms with Gasteiger partial charge in [-0.05, 0) is 31.7 Å². The molecule has 0 N–H and O–H groups in total. The van der Waals surface area contributed by atoms with Gasteiger partial charge in [0.1, 0.15) is 5.82 Å². The number of rotatable bonds is 2. The normalized spacial score (nSPS) is 19.5. The number of Topliss-reactive ketones (excluding diaryl/α,β-unsaturated/α-hetero) is 1. The van der Waals surface area contributed by atoms with Gasteiger partial charge in [-0.1, -0.05) is 18.2 Å². The lowest BCUT2D eigenvalue weighted by Gasteiger charge is -2.23. The van der Waals surface area contributed by atoms with Crippen LogP contribution in [0, 0.1) is 12.8 Å². The third-order valence-corrected chi connectivity index (χ3v) is 5.57. The van der Waals surface area contributed by atoms with E-state index < -0.39 is 0 Å². The molecule has 0 radical (unpaired) electrons. The molecule has 2 aliphatic rings. The van der Waals surface area contributed by atoms with Gasteiger partial charge in [-0.3, -0.25) is 4.79 Å². The number of hydrogen-bond donors (Lipinski definition) is 0. The predicted octanol–water partition coefficient (Wildman–Crippen LogP) is 3.15. The summed E-state index contributed by atoms with van der Waals surface area (Å²) in [6, 6.07) is 6.43. The summed E-state index contributed by atoms with van der Waals surface area (Å²) in [6.07, 6.45) is 6.84. The number of aryl methyl sites for hydroxylation is 3. The standard InChI is InChI=1S/C19H19N3O/c1-12-20-8-10-21(12)11-14-5-6-16-17(19(14)23)15-4-2-3-13-7-9-22(16)18(13)15/h2-4,8,10,14H,5-7,9,11H2,1H3/t14-/m0/s1. The van der Waals surface area contributed by atoms with Crippen LogP contribution >= 0.6 is 0 Å². The molecule has 1 atom stereocenters. The summed E-state index contributed by atoms with van der Waals surface area (Å²) >= 11 is 0. The summed E-state index contributed by atoms with van der Waals surface area (Å²) in [7, 11) is 0. The maximum atomic E-state index is 13.2. The van der Waals surface area contributed by atoms with Crippen molar-refractivity contribution in [2.24, 2.45) is 5.92 Å². The van der Waals surface area contributed by atoms with E-state index in [1.54, 1.807) is 0 Å². The number of carbonyl (C=O) groups excluding carboxylic acids is 1. The number of nitrogens with zero attached hydrogens (tertiary/aromatic N) is 3. The summed E-state index contributed by atoms with van der Waals surface area (Å²) in [5.74, 6) is 1.37. The first-order chi connectivity index (χ1) is 11.2. The Hall–Kier alpha value is -2.36. The van der Waals surface area contributed by atoms with Crippen LogP contribution in [-0.4, -0.2) is 19.9 Å². The van der Waals surface area contributed by atoms with E-state index >= 15 is 0 Å². The molecule has 1 aliphatic heterocycles. The van der Waals surface area contributed by atoms with Crippen molar-refractivity contribution in [3.8, 4) is 0 Å². The summed E-state index contributed by atoms with van der Waals surface area (Å²) < 4.78 is 4.50. The molecule has 23 heavy (non-hydrogen) atoms. The maximum absolute atomic E-state index is 13.2. The molecule has 3 heterocycles. The molecule has 0 unspecified atom stereocenters. The zero-order chi connectivity index (χ0) is 15.6. The van der Waals surface area contributed by atoms with E-state index in [4.69, 9.17) is 0 Å². The highest BCUT2D eigenvalue weighted by Gasteiger charge is 2.34. The molecule has 0 spiro atoms. The van der Waals surface area contributed by atoms with Crippen molar-refractivity contribution in [3.05, 3.63) is 53.2 Å². The quantitative estimate of drug-likeness (QED) is 0.729. The highest BCUT2D eigenvalue weighted by atomic mass is 16.1. The van der Waals surface area contributed by atoms with Gasteiger partial charge in [0.05, 0.1) is 5.52 Å². The van der Waals surface area contributed by atoms with Crippen LogP contribution in [0.15, 0.2) is 30.6 Å². The molecule has 0 fully saturated rings. The van der Waals surface area contributed by atoms with Gasteiger partial charge in [-0.2, -0.15) is 0 Å². The van der Waals surface area contributed by atoms with Crippen LogP contribution in [0.3, 0.4) is 0 Å². The Balaban J connectivity index is 1.61. The molecule has 0 bridgehead atoms. The zero-order valence-corrected chi connectivity index (χ0v) is 13.2. The Bertz CT molecular complexity index is 947. The van der Waals surface area contributed by atoms with Crippen LogP contribution in [0.25, 0.3) is 10.9 Å². The number of fused-ring (bicyclic) bond motifs is 3. The minimum Gasteiger partial charge on any atom is -0.343 e. The second-order valence-corrected chi connectivity index (χ2v) is 6.76. The topological polar surface area (TPSA) is 39.8 Å². The molecule has 4 heteroatoms. The van der Waals surface area contributed by atoms with E-state index in [0.29, 0.717) is 5.78 Å². The molecule has 2 aromatic heterocycles. The maximum Gasteiger partial charge on any atom is 0.170 e. The number of hydrogen-bond acceptors (Lipinski definition) is 2. The molecule has 1 aliphatic carbocycles. The molecule has 116 valence electrons. The van der Waals surface area contributed by atoms with Gasteiger partial charge in [0, 0.05) is 48.0 Å².